The van der Waals surface area contributed by atoms with Gasteiger partial charge in [0.05, 0.1) is 25.7 Å². The summed E-state index contributed by atoms with van der Waals surface area (Å²) in [6, 6.07) is 5.69. The molecule has 0 saturated carbocycles. The van der Waals surface area contributed by atoms with Gasteiger partial charge < -0.3 is 35.1 Å². The quantitative estimate of drug-likeness (QED) is 0.0471. The zero-order valence-electron chi connectivity index (χ0n) is 32.8. The lowest BCUT2D eigenvalue weighted by atomic mass is 9.82. The van der Waals surface area contributed by atoms with E-state index in [4.69, 9.17) is 24.7 Å². The number of benzene rings is 1. The molecule has 12 heteroatoms. The molecular weight excluding hydrogens is 686 g/mol. The van der Waals surface area contributed by atoms with Gasteiger partial charge in [-0.25, -0.2) is 13.6 Å². The molecule has 1 saturated heterocycles. The van der Waals surface area contributed by atoms with E-state index in [2.05, 4.69) is 19.2 Å². The summed E-state index contributed by atoms with van der Waals surface area (Å²) in [5, 5.41) is 14.1. The molecule has 0 radical (unpaired) electrons. The molecule has 4 N–H and O–H groups in total. The van der Waals surface area contributed by atoms with Crippen LogP contribution in [0.1, 0.15) is 136 Å². The smallest absolute Gasteiger partial charge is 0.340 e. The van der Waals surface area contributed by atoms with E-state index >= 15 is 0 Å². The Labute approximate surface area is 315 Å². The Morgan fingerprint density at radius 2 is 1.51 bits per heavy atom. The zero-order chi connectivity index (χ0) is 39.3. The number of halogens is 2. The van der Waals surface area contributed by atoms with Crippen molar-refractivity contribution >= 4 is 17.8 Å². The molecule has 1 heterocycles. The molecule has 10 nitrogen and oxygen atoms in total. The van der Waals surface area contributed by atoms with Gasteiger partial charge >= 0.3 is 5.97 Å². The highest BCUT2D eigenvalue weighted by Gasteiger charge is 2.51. The van der Waals surface area contributed by atoms with Crippen molar-refractivity contribution in [3.05, 3.63) is 42.0 Å². The fourth-order valence-electron chi connectivity index (χ4n) is 6.33. The first-order valence-electron chi connectivity index (χ1n) is 19.6. The van der Waals surface area contributed by atoms with Gasteiger partial charge in [-0.2, -0.15) is 0 Å². The summed E-state index contributed by atoms with van der Waals surface area (Å²) in [6.45, 7) is 10.6. The molecule has 0 spiro atoms. The van der Waals surface area contributed by atoms with E-state index in [0.717, 1.165) is 57.8 Å². The van der Waals surface area contributed by atoms with E-state index in [1.54, 1.807) is 30.3 Å². The van der Waals surface area contributed by atoms with E-state index < -0.39 is 59.6 Å². The average molecular weight is 753 g/mol. The van der Waals surface area contributed by atoms with E-state index in [0.29, 0.717) is 37.6 Å². The molecule has 1 aliphatic rings. The number of alkyl halides is 2. The van der Waals surface area contributed by atoms with Crippen LogP contribution in [0.25, 0.3) is 0 Å². The first kappa shape index (κ1) is 46.1. The van der Waals surface area contributed by atoms with Crippen molar-refractivity contribution in [2.24, 2.45) is 11.7 Å². The number of unbranched alkanes of at least 4 members (excludes halogenated alkanes) is 9. The van der Waals surface area contributed by atoms with Crippen LogP contribution in [-0.4, -0.2) is 72.2 Å². The minimum absolute atomic E-state index is 0.0112. The molecule has 0 aromatic heterocycles. The van der Waals surface area contributed by atoms with Crippen molar-refractivity contribution in [1.29, 1.82) is 0 Å². The summed E-state index contributed by atoms with van der Waals surface area (Å²) in [4.78, 5) is 39.6. The predicted molar refractivity (Wildman–Crippen MR) is 201 cm³/mol. The van der Waals surface area contributed by atoms with Gasteiger partial charge in [-0.15, -0.1) is 0 Å². The molecular formula is C41H66F2N2O8. The third-order valence-electron chi connectivity index (χ3n) is 9.29. The number of carbonyl (C=O) groups excluding carboxylic acids is 3. The number of allylic oxidation sites excluding steroid dienone is 1. The van der Waals surface area contributed by atoms with Gasteiger partial charge in [0, 0.05) is 25.7 Å². The fraction of sp³-hybridized carbons (Fsp3) is 0.732. The largest absolute Gasteiger partial charge is 0.494 e. The monoisotopic (exact) mass is 752 g/mol. The van der Waals surface area contributed by atoms with Crippen molar-refractivity contribution < 1.29 is 47.2 Å². The van der Waals surface area contributed by atoms with E-state index in [9.17, 15) is 28.3 Å². The number of hydrogen-bond acceptors (Lipinski definition) is 8. The van der Waals surface area contributed by atoms with Crippen molar-refractivity contribution in [2.45, 2.75) is 167 Å². The van der Waals surface area contributed by atoms with Gasteiger partial charge in [0.1, 0.15) is 17.4 Å². The maximum absolute atomic E-state index is 13.9. The highest BCUT2D eigenvalue weighted by molar-refractivity contribution is 5.94. The number of amides is 2. The SMILES string of the molecule is CCCCCCCC1(CCCCCC/C=C/[C@H](C(=O)N[C@@H](Cc2ccc(OCCCC)cc2)C(N)=O)[C@@](O)(CC(F)F)C(=O)OC(C)(C)C)OCCO1. The number of nitrogens with one attached hydrogen (secondary N) is 1. The number of ether oxygens (including phenoxy) is 4. The van der Waals surface area contributed by atoms with Crippen LogP contribution >= 0.6 is 0 Å². The molecule has 2 amide bonds. The van der Waals surface area contributed by atoms with Gasteiger partial charge in [0.15, 0.2) is 11.4 Å². The first-order valence-corrected chi connectivity index (χ1v) is 19.6. The maximum Gasteiger partial charge on any atom is 0.340 e. The Balaban J connectivity index is 2.13. The van der Waals surface area contributed by atoms with E-state index in [1.807, 2.05) is 0 Å². The van der Waals surface area contributed by atoms with Crippen LogP contribution in [0.4, 0.5) is 8.78 Å². The number of nitrogens with two attached hydrogens (primary N) is 1. The number of carbonyl (C=O) groups is 3. The zero-order valence-corrected chi connectivity index (χ0v) is 32.8. The van der Waals surface area contributed by atoms with Gasteiger partial charge in [-0.1, -0.05) is 83.1 Å². The van der Waals surface area contributed by atoms with Crippen LogP contribution in [0.3, 0.4) is 0 Å². The first-order chi connectivity index (χ1) is 25.1. The number of rotatable bonds is 27. The number of hydrogen-bond donors (Lipinski definition) is 3. The standard InChI is InChI=1S/C41H66F2N2O8/c1-6-8-10-14-17-24-40(51-27-28-52-40)25-18-15-12-11-13-16-19-33(41(49,30-35(42)43)38(48)53-39(3,4)5)37(47)45-34(36(44)46)29-31-20-22-32(23-21-31)50-26-9-7-2/h16,19-23,33-35,49H,6-15,17-18,24-30H2,1-5H3,(H2,44,46)(H,45,47)/b19-16+/t33-,34+,41+/m1/s1. The summed E-state index contributed by atoms with van der Waals surface area (Å²) in [6.07, 6.45) is 11.7. The second kappa shape index (κ2) is 23.6. The van der Waals surface area contributed by atoms with E-state index in [-0.39, 0.29) is 6.42 Å². The molecule has 0 bridgehead atoms. The molecule has 3 atom stereocenters. The summed E-state index contributed by atoms with van der Waals surface area (Å²) in [5.41, 5.74) is 2.26. The molecule has 302 valence electrons. The maximum atomic E-state index is 13.9. The molecule has 0 unspecified atom stereocenters. The fourth-order valence-corrected chi connectivity index (χ4v) is 6.33. The molecule has 2 rings (SSSR count). The number of esters is 1. The van der Waals surface area contributed by atoms with Crippen LogP contribution in [-0.2, 0) is 35.0 Å². The Bertz CT molecular complexity index is 1250. The van der Waals surface area contributed by atoms with Gasteiger partial charge in [-0.3, -0.25) is 9.59 Å². The molecule has 53 heavy (non-hydrogen) atoms. The highest BCUT2D eigenvalue weighted by Crippen LogP contribution is 2.33. The molecule has 1 aliphatic heterocycles. The Morgan fingerprint density at radius 3 is 2.06 bits per heavy atom. The van der Waals surface area contributed by atoms with Gasteiger partial charge in [0.2, 0.25) is 18.2 Å². The summed E-state index contributed by atoms with van der Waals surface area (Å²) >= 11 is 0. The Kier molecular flexibility index (Phi) is 20.5. The average Bonchev–Trinajstić information content (AvgIpc) is 3.55. The van der Waals surface area contributed by atoms with Gasteiger partial charge in [-0.05, 0) is 70.6 Å². The molecule has 1 fully saturated rings. The van der Waals surface area contributed by atoms with Crippen LogP contribution in [0.15, 0.2) is 36.4 Å². The summed E-state index contributed by atoms with van der Waals surface area (Å²) in [5.74, 6) is -4.88. The topological polar surface area (TPSA) is 146 Å². The number of aliphatic hydroxyl groups is 1. The second-order valence-corrected chi connectivity index (χ2v) is 15.2. The third-order valence-corrected chi connectivity index (χ3v) is 9.29. The van der Waals surface area contributed by atoms with Crippen LogP contribution in [0.5, 0.6) is 5.75 Å². The van der Waals surface area contributed by atoms with Crippen molar-refractivity contribution in [2.75, 3.05) is 19.8 Å². The van der Waals surface area contributed by atoms with E-state index in [1.165, 1.54) is 52.5 Å². The highest BCUT2D eigenvalue weighted by atomic mass is 19.3. The normalized spacial score (nSPS) is 16.7. The second-order valence-electron chi connectivity index (χ2n) is 15.2. The Morgan fingerprint density at radius 1 is 0.925 bits per heavy atom. The van der Waals surface area contributed by atoms with Crippen molar-refractivity contribution in [3.63, 3.8) is 0 Å². The van der Waals surface area contributed by atoms with Crippen LogP contribution in [0.2, 0.25) is 0 Å². The van der Waals surface area contributed by atoms with Crippen molar-refractivity contribution in [3.8, 4) is 5.75 Å². The lowest BCUT2D eigenvalue weighted by Crippen LogP contribution is -2.57. The molecule has 1 aromatic rings. The minimum Gasteiger partial charge on any atom is -0.494 e. The predicted octanol–water partition coefficient (Wildman–Crippen LogP) is 7.72. The molecule has 1 aromatic carbocycles. The number of primary amides is 1. The lowest BCUT2D eigenvalue weighted by molar-refractivity contribution is -0.188. The van der Waals surface area contributed by atoms with Crippen LogP contribution < -0.4 is 15.8 Å². The lowest BCUT2D eigenvalue weighted by Gasteiger charge is -2.34. The summed E-state index contributed by atoms with van der Waals surface area (Å²) in [7, 11) is 0. The van der Waals surface area contributed by atoms with Crippen molar-refractivity contribution in [1.82, 2.24) is 5.32 Å². The van der Waals surface area contributed by atoms with Gasteiger partial charge in [0.25, 0.3) is 0 Å². The summed E-state index contributed by atoms with van der Waals surface area (Å²) < 4.78 is 51.0. The Hall–Kier alpha value is -3.09. The van der Waals surface area contributed by atoms with Crippen LogP contribution in [0, 0.1) is 5.92 Å². The molecule has 0 aliphatic carbocycles. The third kappa shape index (κ3) is 17.3. The minimum atomic E-state index is -3.14.